The molecular formula is C12H25N3O. The molecule has 4 nitrogen and oxygen atoms in total. The number of hydrogen-bond acceptors (Lipinski definition) is 4. The predicted octanol–water partition coefficient (Wildman–Crippen LogP) is -0.142. The molecule has 2 atom stereocenters. The number of hydrogen-bond donors (Lipinski definition) is 1. The van der Waals surface area contributed by atoms with Crippen molar-refractivity contribution >= 4 is 0 Å². The van der Waals surface area contributed by atoms with Crippen molar-refractivity contribution in [3.63, 3.8) is 0 Å². The van der Waals surface area contributed by atoms with Crippen LogP contribution in [0.1, 0.15) is 6.42 Å². The molecule has 2 fully saturated rings. The maximum absolute atomic E-state index is 5.55. The first-order valence-corrected chi connectivity index (χ1v) is 6.45. The van der Waals surface area contributed by atoms with Gasteiger partial charge in [0.2, 0.25) is 0 Å². The summed E-state index contributed by atoms with van der Waals surface area (Å²) in [7, 11) is 4.27. The molecule has 2 aliphatic rings. The van der Waals surface area contributed by atoms with E-state index >= 15 is 0 Å². The second-order valence-electron chi connectivity index (χ2n) is 5.15. The highest BCUT2D eigenvalue weighted by atomic mass is 16.5. The van der Waals surface area contributed by atoms with Crippen LogP contribution in [0.3, 0.4) is 0 Å². The summed E-state index contributed by atoms with van der Waals surface area (Å²) in [5.74, 6) is 0.674. The minimum absolute atomic E-state index is 0.556. The summed E-state index contributed by atoms with van der Waals surface area (Å²) in [6.45, 7) is 7.91. The molecule has 2 aliphatic heterocycles. The minimum atomic E-state index is 0.556. The predicted molar refractivity (Wildman–Crippen MR) is 65.7 cm³/mol. The van der Waals surface area contributed by atoms with Gasteiger partial charge in [-0.25, -0.2) is 0 Å². The van der Waals surface area contributed by atoms with Crippen molar-refractivity contribution in [1.82, 2.24) is 15.1 Å². The zero-order valence-corrected chi connectivity index (χ0v) is 10.6. The van der Waals surface area contributed by atoms with E-state index in [1.807, 2.05) is 7.05 Å². The van der Waals surface area contributed by atoms with E-state index < -0.39 is 0 Å². The third-order valence-corrected chi connectivity index (χ3v) is 3.87. The van der Waals surface area contributed by atoms with Crippen LogP contribution in [-0.2, 0) is 4.74 Å². The highest BCUT2D eigenvalue weighted by Crippen LogP contribution is 2.15. The number of ether oxygens (including phenoxy) is 1. The molecule has 4 heteroatoms. The lowest BCUT2D eigenvalue weighted by Gasteiger charge is -2.26. The van der Waals surface area contributed by atoms with Gasteiger partial charge in [-0.1, -0.05) is 0 Å². The smallest absolute Gasteiger partial charge is 0.0623 e. The van der Waals surface area contributed by atoms with Crippen molar-refractivity contribution in [1.29, 1.82) is 0 Å². The highest BCUT2D eigenvalue weighted by molar-refractivity contribution is 4.83. The molecule has 2 unspecified atom stereocenters. The van der Waals surface area contributed by atoms with Crippen molar-refractivity contribution in [3.05, 3.63) is 0 Å². The lowest BCUT2D eigenvalue weighted by atomic mass is 10.0. The van der Waals surface area contributed by atoms with Crippen LogP contribution in [0.15, 0.2) is 0 Å². The van der Waals surface area contributed by atoms with Crippen LogP contribution in [0.5, 0.6) is 0 Å². The molecular weight excluding hydrogens is 202 g/mol. The standard InChI is InChI=1S/C12H25N3O/c1-13-12-10-16-9-11(12)8-15-5-3-4-14(2)6-7-15/h11-13H,3-10H2,1-2H3. The van der Waals surface area contributed by atoms with Crippen LogP contribution in [0.2, 0.25) is 0 Å². The first kappa shape index (κ1) is 12.3. The Bertz CT molecular complexity index is 212. The van der Waals surface area contributed by atoms with E-state index in [1.54, 1.807) is 0 Å². The molecule has 0 saturated carbocycles. The SMILES string of the molecule is CNC1COCC1CN1CCCN(C)CC1. The van der Waals surface area contributed by atoms with Gasteiger partial charge >= 0.3 is 0 Å². The second kappa shape index (κ2) is 5.96. The topological polar surface area (TPSA) is 27.7 Å². The summed E-state index contributed by atoms with van der Waals surface area (Å²) >= 11 is 0. The van der Waals surface area contributed by atoms with Gasteiger partial charge in [0.1, 0.15) is 0 Å². The normalized spacial score (nSPS) is 34.1. The van der Waals surface area contributed by atoms with Crippen LogP contribution < -0.4 is 5.32 Å². The zero-order valence-electron chi connectivity index (χ0n) is 10.6. The van der Waals surface area contributed by atoms with E-state index in [0.29, 0.717) is 12.0 Å². The third kappa shape index (κ3) is 3.17. The van der Waals surface area contributed by atoms with Crippen LogP contribution >= 0.6 is 0 Å². The van der Waals surface area contributed by atoms with E-state index in [-0.39, 0.29) is 0 Å². The van der Waals surface area contributed by atoms with Gasteiger partial charge in [-0.15, -0.1) is 0 Å². The average molecular weight is 227 g/mol. The Hall–Kier alpha value is -0.160. The van der Waals surface area contributed by atoms with Crippen molar-refractivity contribution in [2.24, 2.45) is 5.92 Å². The number of rotatable bonds is 3. The molecule has 0 spiro atoms. The van der Waals surface area contributed by atoms with E-state index in [9.17, 15) is 0 Å². The van der Waals surface area contributed by atoms with Gasteiger partial charge in [0.15, 0.2) is 0 Å². The van der Waals surface area contributed by atoms with Crippen molar-refractivity contribution in [2.75, 3.05) is 60.0 Å². The molecule has 1 N–H and O–H groups in total. The van der Waals surface area contributed by atoms with E-state index in [2.05, 4.69) is 22.2 Å². The van der Waals surface area contributed by atoms with Crippen molar-refractivity contribution in [2.45, 2.75) is 12.5 Å². The molecule has 0 bridgehead atoms. The van der Waals surface area contributed by atoms with Crippen LogP contribution in [0.4, 0.5) is 0 Å². The number of nitrogens with one attached hydrogen (secondary N) is 1. The Morgan fingerprint density at radius 1 is 1.19 bits per heavy atom. The van der Waals surface area contributed by atoms with Crippen LogP contribution in [0, 0.1) is 5.92 Å². The van der Waals surface area contributed by atoms with Gasteiger partial charge in [-0.2, -0.15) is 0 Å². The van der Waals surface area contributed by atoms with Gasteiger partial charge in [-0.3, -0.25) is 0 Å². The van der Waals surface area contributed by atoms with Gasteiger partial charge in [0.05, 0.1) is 13.2 Å². The highest BCUT2D eigenvalue weighted by Gasteiger charge is 2.28. The Morgan fingerprint density at radius 2 is 2.06 bits per heavy atom. The summed E-state index contributed by atoms with van der Waals surface area (Å²) in [6.07, 6.45) is 1.30. The summed E-state index contributed by atoms with van der Waals surface area (Å²) < 4.78 is 5.55. The Balaban J connectivity index is 1.79. The summed E-state index contributed by atoms with van der Waals surface area (Å²) in [5, 5.41) is 3.37. The first-order valence-electron chi connectivity index (χ1n) is 6.45. The Morgan fingerprint density at radius 3 is 2.88 bits per heavy atom. The van der Waals surface area contributed by atoms with E-state index in [1.165, 1.54) is 39.1 Å². The summed E-state index contributed by atoms with van der Waals surface area (Å²) in [5.41, 5.74) is 0. The van der Waals surface area contributed by atoms with Crippen molar-refractivity contribution in [3.8, 4) is 0 Å². The molecule has 2 heterocycles. The maximum Gasteiger partial charge on any atom is 0.0623 e. The Kier molecular flexibility index (Phi) is 4.58. The largest absolute Gasteiger partial charge is 0.379 e. The quantitative estimate of drug-likeness (QED) is 0.726. The fraction of sp³-hybridized carbons (Fsp3) is 1.00. The van der Waals surface area contributed by atoms with Crippen LogP contribution in [-0.4, -0.2) is 75.9 Å². The molecule has 2 rings (SSSR count). The molecule has 94 valence electrons. The zero-order chi connectivity index (χ0) is 11.4. The first-order chi connectivity index (χ1) is 7.79. The van der Waals surface area contributed by atoms with E-state index in [0.717, 1.165) is 13.2 Å². The maximum atomic E-state index is 5.55. The molecule has 0 aliphatic carbocycles. The minimum Gasteiger partial charge on any atom is -0.379 e. The molecule has 0 amide bonds. The van der Waals surface area contributed by atoms with Crippen molar-refractivity contribution < 1.29 is 4.74 Å². The number of nitrogens with zero attached hydrogens (tertiary/aromatic N) is 2. The van der Waals surface area contributed by atoms with Gasteiger partial charge < -0.3 is 19.9 Å². The fourth-order valence-electron chi connectivity index (χ4n) is 2.71. The third-order valence-electron chi connectivity index (χ3n) is 3.87. The molecule has 16 heavy (non-hydrogen) atoms. The summed E-state index contributed by atoms with van der Waals surface area (Å²) in [6, 6.07) is 0.556. The average Bonchev–Trinajstić information content (AvgIpc) is 2.63. The Labute approximate surface area is 98.9 Å². The molecule has 0 aromatic heterocycles. The van der Waals surface area contributed by atoms with Gasteiger partial charge in [0.25, 0.3) is 0 Å². The second-order valence-corrected chi connectivity index (χ2v) is 5.15. The lowest BCUT2D eigenvalue weighted by molar-refractivity contribution is 0.168. The molecule has 0 aromatic rings. The monoisotopic (exact) mass is 227 g/mol. The summed E-state index contributed by atoms with van der Waals surface area (Å²) in [4.78, 5) is 5.04. The molecule has 0 aromatic carbocycles. The van der Waals surface area contributed by atoms with Crippen LogP contribution in [0.25, 0.3) is 0 Å². The lowest BCUT2D eigenvalue weighted by Crippen LogP contribution is -2.41. The molecule has 2 saturated heterocycles. The van der Waals surface area contributed by atoms with Gasteiger partial charge in [-0.05, 0) is 33.6 Å². The fourth-order valence-corrected chi connectivity index (χ4v) is 2.71. The van der Waals surface area contributed by atoms with Gasteiger partial charge in [0, 0.05) is 31.6 Å². The number of likely N-dealkylation sites (N-methyl/N-ethyl adjacent to an activating group) is 2. The molecule has 0 radical (unpaired) electrons. The van der Waals surface area contributed by atoms with E-state index in [4.69, 9.17) is 4.74 Å².